The van der Waals surface area contributed by atoms with E-state index in [-0.39, 0.29) is 57.7 Å². The molecule has 0 heterocycles. The van der Waals surface area contributed by atoms with Gasteiger partial charge in [-0.1, -0.05) is 149 Å². The summed E-state index contributed by atoms with van der Waals surface area (Å²) in [4.78, 5) is 63.6. The highest BCUT2D eigenvalue weighted by Gasteiger charge is 2.58. The molecule has 15 nitrogen and oxygen atoms in total. The molecule has 0 amide bonds. The van der Waals surface area contributed by atoms with Gasteiger partial charge in [0.05, 0.1) is 62.6 Å². The summed E-state index contributed by atoms with van der Waals surface area (Å²) >= 11 is 0. The number of fused-ring (bicyclic) bond motifs is 15. The van der Waals surface area contributed by atoms with Crippen molar-refractivity contribution in [3.05, 3.63) is 371 Å². The third kappa shape index (κ3) is 13.9. The first-order valence-corrected chi connectivity index (χ1v) is 41.2. The Morgan fingerprint density at radius 3 is 0.715 bits per heavy atom. The molecule has 0 fully saturated rings. The third-order valence-corrected chi connectivity index (χ3v) is 27.9. The van der Waals surface area contributed by atoms with Crippen molar-refractivity contribution in [3.63, 3.8) is 0 Å². The highest BCUT2D eigenvalue weighted by Crippen LogP contribution is 2.63. The fourth-order valence-electron chi connectivity index (χ4n) is 20.8. The molecule has 16 rings (SSSR count). The number of hydrogen-bond acceptors (Lipinski definition) is 15. The summed E-state index contributed by atoms with van der Waals surface area (Å²) in [7, 11) is 8.13. The molecule has 15 heteroatoms. The Bertz CT molecular complexity index is 5650. The van der Waals surface area contributed by atoms with Crippen LogP contribution in [0.25, 0.3) is 27.9 Å². The Hall–Kier alpha value is -13.0. The molecule has 0 radical (unpaired) electrons. The van der Waals surface area contributed by atoms with Gasteiger partial charge in [-0.05, 0) is 259 Å². The number of benzene rings is 6. The molecule has 10 aliphatic rings. The van der Waals surface area contributed by atoms with Crippen LogP contribution in [-0.2, 0) is 57.5 Å². The summed E-state index contributed by atoms with van der Waals surface area (Å²) in [6, 6.07) is 38.6. The first-order chi connectivity index (χ1) is 58.0. The molecule has 6 aromatic rings. The molecule has 0 saturated carbocycles. The topological polar surface area (TPSA) is 233 Å². The average Bonchev–Trinajstić information content (AvgIpc) is 0.708. The van der Waals surface area contributed by atoms with Gasteiger partial charge in [0.2, 0.25) is 0 Å². The molecular formula is C108H112O15. The second-order valence-corrected chi connectivity index (χ2v) is 35.2. The van der Waals surface area contributed by atoms with Crippen molar-refractivity contribution < 1.29 is 73.2 Å². The molecule has 0 saturated heterocycles. The summed E-state index contributed by atoms with van der Waals surface area (Å²) in [5.74, 6) is 4.23. The molecule has 0 bridgehead atoms. The maximum atomic E-state index is 13.1. The lowest BCUT2D eigenvalue weighted by Gasteiger charge is -2.47. The highest BCUT2D eigenvalue weighted by atomic mass is 16.5. The van der Waals surface area contributed by atoms with E-state index >= 15 is 0 Å². The third-order valence-electron chi connectivity index (χ3n) is 27.9. The molecule has 0 spiro atoms. The Morgan fingerprint density at radius 1 is 0.301 bits per heavy atom. The van der Waals surface area contributed by atoms with Crippen molar-refractivity contribution in [2.75, 3.05) is 35.5 Å². The van der Waals surface area contributed by atoms with E-state index in [0.717, 1.165) is 95.5 Å². The van der Waals surface area contributed by atoms with Gasteiger partial charge in [0, 0.05) is 77.2 Å². The SMILES string of the molecule is C=C1C(O)=C2C(C)(Cc3ccccc3)C(=O)C=CC2(C)c2cc(OC)ccc21.C=C1C(O)=C2[C@@](C)(CC)C(=O)C=C[C@@]2(C)c2cc(OC)ccc21.C=CCC1(C)C(=O)C=CC2(C)C1=C(O)C(=C)c1ccc(OC)cc12.C=CC[C@@]1(C)C(=O)C=C[C@]2(C)C1=C(O)C(=C)c1ccc(OC)cc12.C=CC[C@]1(C)C(=O)C=C[C@@]2(C)C1=C(O)C(=C)c1ccc(OC)cc12. The molecule has 0 aromatic heterocycles. The standard InChI is InChI=1S/C25H24O3.3C21H22O3.C20H22O3/c1-16-19-11-10-18(28-4)14-20(19)24(2)13-12-21(26)25(3,23(24)22(16)27)15-17-8-6-5-7-9-17;3*1-6-10-21(4)17(22)9-11-20(3)16-12-14(24-5)7-8-15(16)13(2)18(23)19(20)21;1-6-19(3)16(21)9-10-20(4)15-11-13(23-5)7-8-14(15)12(2)17(22)18(19)20/h5-14,27H,1,15H2,2-4H3;3*6-9,11-12,23H,1-2,10H2,3-5H3;7-11,22H,2,6H2,1,3-5H3/t;2*20-,21-;;19-,20-/m.10.0/s1. The van der Waals surface area contributed by atoms with Crippen LogP contribution < -0.4 is 23.7 Å². The Morgan fingerprint density at radius 2 is 0.504 bits per heavy atom. The summed E-state index contributed by atoms with van der Waals surface area (Å²) in [6.45, 7) is 53.3. The minimum atomic E-state index is -0.862. The van der Waals surface area contributed by atoms with Crippen molar-refractivity contribution in [2.45, 2.75) is 135 Å². The number of carbonyl (C=O) groups excluding carboxylic acids is 5. The van der Waals surface area contributed by atoms with Crippen molar-refractivity contribution in [3.8, 4) is 28.7 Å². The predicted octanol–water partition coefficient (Wildman–Crippen LogP) is 23.1. The number of allylic oxidation sites excluding steroid dienone is 23. The van der Waals surface area contributed by atoms with Gasteiger partial charge < -0.3 is 49.2 Å². The number of ketones is 5. The number of hydrogen-bond donors (Lipinski definition) is 5. The summed E-state index contributed by atoms with van der Waals surface area (Å²) in [5.41, 5.74) is 9.62. The Kier molecular flexibility index (Phi) is 23.5. The van der Waals surface area contributed by atoms with Crippen LogP contribution in [0.2, 0.25) is 0 Å². The normalized spacial score (nSPS) is 28.1. The maximum absolute atomic E-state index is 13.1. The largest absolute Gasteiger partial charge is 0.507 e. The van der Waals surface area contributed by atoms with Crippen molar-refractivity contribution >= 4 is 56.8 Å². The van der Waals surface area contributed by atoms with Gasteiger partial charge in [0.25, 0.3) is 0 Å². The van der Waals surface area contributed by atoms with E-state index in [4.69, 9.17) is 23.7 Å². The first-order valence-electron chi connectivity index (χ1n) is 41.2. The van der Waals surface area contributed by atoms with Crippen molar-refractivity contribution in [1.29, 1.82) is 0 Å². The zero-order valence-electron chi connectivity index (χ0n) is 73.6. The van der Waals surface area contributed by atoms with Crippen LogP contribution in [0, 0.1) is 27.1 Å². The first kappa shape index (κ1) is 89.3. The number of carbonyl (C=O) groups is 5. The van der Waals surface area contributed by atoms with E-state index in [1.165, 1.54) is 0 Å². The van der Waals surface area contributed by atoms with Gasteiger partial charge in [0.15, 0.2) is 28.9 Å². The fraction of sp³-hybridized carbons (Fsp3) is 0.287. The number of rotatable bonds is 14. The zero-order valence-corrected chi connectivity index (χ0v) is 73.6. The fourth-order valence-corrected chi connectivity index (χ4v) is 20.8. The molecule has 6 aromatic carbocycles. The van der Waals surface area contributed by atoms with Crippen LogP contribution >= 0.6 is 0 Å². The smallest absolute Gasteiger partial charge is 0.165 e. The second kappa shape index (κ2) is 32.4. The van der Waals surface area contributed by atoms with Crippen LogP contribution in [0.15, 0.2) is 310 Å². The van der Waals surface area contributed by atoms with E-state index in [1.807, 2.05) is 221 Å². The van der Waals surface area contributed by atoms with Crippen LogP contribution in [0.4, 0.5) is 0 Å². The van der Waals surface area contributed by atoms with E-state index in [9.17, 15) is 49.5 Å². The molecular weight excluding hydrogens is 1540 g/mol. The zero-order chi connectivity index (χ0) is 90.2. The Balaban J connectivity index is 0.000000141. The van der Waals surface area contributed by atoms with E-state index in [0.29, 0.717) is 82.3 Å². The lowest BCUT2D eigenvalue weighted by Crippen LogP contribution is -2.46. The predicted molar refractivity (Wildman–Crippen MR) is 491 cm³/mol. The Labute approximate surface area is 723 Å². The van der Waals surface area contributed by atoms with Gasteiger partial charge in [-0.2, -0.15) is 0 Å². The van der Waals surface area contributed by atoms with Crippen LogP contribution in [-0.4, -0.2) is 90.0 Å². The monoisotopic (exact) mass is 1650 g/mol. The van der Waals surface area contributed by atoms with Gasteiger partial charge in [-0.25, -0.2) is 0 Å². The summed E-state index contributed by atoms with van der Waals surface area (Å²) in [5, 5.41) is 54.8. The van der Waals surface area contributed by atoms with E-state index in [2.05, 4.69) is 59.6 Å². The molecule has 0 aliphatic heterocycles. The molecule has 5 N–H and O–H groups in total. The highest BCUT2D eigenvalue weighted by molar-refractivity contribution is 6.06. The molecule has 4 unspecified atom stereocenters. The minimum Gasteiger partial charge on any atom is -0.507 e. The van der Waals surface area contributed by atoms with Crippen LogP contribution in [0.3, 0.4) is 0 Å². The lowest BCUT2D eigenvalue weighted by atomic mass is 9.55. The summed E-state index contributed by atoms with van der Waals surface area (Å²) in [6.07, 6.45) is 25.3. The number of aliphatic hydroxyl groups is 5. The molecule has 123 heavy (non-hydrogen) atoms. The number of ether oxygens (including phenoxy) is 5. The van der Waals surface area contributed by atoms with Crippen LogP contribution in [0.5, 0.6) is 28.7 Å². The molecule has 634 valence electrons. The van der Waals surface area contributed by atoms with E-state index in [1.54, 1.807) is 84.2 Å². The van der Waals surface area contributed by atoms with Crippen LogP contribution in [0.1, 0.15) is 163 Å². The second-order valence-electron chi connectivity index (χ2n) is 35.2. The minimum absolute atomic E-state index is 0.00507. The number of aliphatic hydroxyl groups excluding tert-OH is 5. The van der Waals surface area contributed by atoms with Gasteiger partial charge >= 0.3 is 0 Å². The van der Waals surface area contributed by atoms with Crippen molar-refractivity contribution in [2.24, 2.45) is 27.1 Å². The number of methoxy groups -OCH3 is 5. The molecule has 10 atom stereocenters. The van der Waals surface area contributed by atoms with Gasteiger partial charge in [-0.3, -0.25) is 24.0 Å². The van der Waals surface area contributed by atoms with Gasteiger partial charge in [0.1, 0.15) is 57.5 Å². The average molecular weight is 1650 g/mol. The quantitative estimate of drug-likeness (QED) is 0.0638. The summed E-state index contributed by atoms with van der Waals surface area (Å²) < 4.78 is 26.9. The van der Waals surface area contributed by atoms with Crippen molar-refractivity contribution in [1.82, 2.24) is 0 Å². The lowest BCUT2D eigenvalue weighted by molar-refractivity contribution is -0.123. The maximum Gasteiger partial charge on any atom is 0.165 e. The van der Waals surface area contributed by atoms with Gasteiger partial charge in [-0.15, -0.1) is 19.7 Å². The molecule has 10 aliphatic carbocycles. The van der Waals surface area contributed by atoms with E-state index < -0.39 is 54.1 Å².